The molecule has 4 aromatic carbocycles. The first-order chi connectivity index (χ1) is 42.3. The van der Waals surface area contributed by atoms with E-state index < -0.39 is 58.5 Å². The third-order valence-corrected chi connectivity index (χ3v) is 15.2. The number of oxime groups is 1. The molecule has 0 bridgehead atoms. The average Bonchev–Trinajstić information content (AvgIpc) is 1.08. The maximum Gasteiger partial charge on any atom is 0.437 e. The van der Waals surface area contributed by atoms with E-state index in [0.29, 0.717) is 84.0 Å². The summed E-state index contributed by atoms with van der Waals surface area (Å²) in [6.07, 6.45) is 0.912. The van der Waals surface area contributed by atoms with Gasteiger partial charge in [0, 0.05) is 67.5 Å². The number of aliphatic imine (C=N–C) groups is 2. The molecule has 0 saturated carbocycles. The number of piperidine rings is 2. The maximum absolute atomic E-state index is 17.1. The van der Waals surface area contributed by atoms with Gasteiger partial charge in [0.25, 0.3) is 0 Å². The molecule has 0 radical (unpaired) electrons. The first-order valence-electron chi connectivity index (χ1n) is 31.0. The number of guanidine groups is 2. The summed E-state index contributed by atoms with van der Waals surface area (Å²) in [4.78, 5) is 73.2. The average molecular weight is 1240 g/mol. The number of halogens is 2. The first-order valence-corrected chi connectivity index (χ1v) is 31.0. The standard InChI is InChI=1S/C69H88F2N8O11/c1-43(58-37-51(75-89-58)40-79(65(83)88-69(12,13)14)61(77-31-19-16-20-32-77)74-64(82)87-68(9,10)11)47-26-30-55(57(71)36-47)53-28-27-48(49-24-21-33-78(39-49)60(72-62(80)85-66(3,4)5)73-63(81)86-67(6,7)8)34-50(53)41-84-42-52-38-59(90-76-52)44(2)46-25-29-54(56(70)35-46)45-22-17-15-18-23-45/h15,17-18,22-23,25-30,34-37,43-44,49,59H,16,19-21,24,31-33,38-42H2,1-14H3,(H,72,73,80,81). The van der Waals surface area contributed by atoms with E-state index in [-0.39, 0.29) is 55.4 Å². The normalized spacial score (nSPS) is 17.6. The summed E-state index contributed by atoms with van der Waals surface area (Å²) in [5, 5.41) is 11.4. The smallest absolute Gasteiger partial charge is 0.437 e. The lowest BCUT2D eigenvalue weighted by atomic mass is 9.87. The van der Waals surface area contributed by atoms with Gasteiger partial charge in [0.1, 0.15) is 51.6 Å². The van der Waals surface area contributed by atoms with Gasteiger partial charge in [-0.05, 0) is 161 Å². The summed E-state index contributed by atoms with van der Waals surface area (Å²) in [6.45, 7) is 26.7. The summed E-state index contributed by atoms with van der Waals surface area (Å²) >= 11 is 0. The molecule has 4 amide bonds. The van der Waals surface area contributed by atoms with Crippen molar-refractivity contribution in [3.8, 4) is 22.3 Å². The number of benzene rings is 4. The Labute approximate surface area is 527 Å². The van der Waals surface area contributed by atoms with Crippen molar-refractivity contribution in [2.75, 3.05) is 32.8 Å². The van der Waals surface area contributed by atoms with E-state index in [0.717, 1.165) is 42.4 Å². The fraction of sp³-hybridized carbons (Fsp3) is 0.507. The largest absolute Gasteiger partial charge is 0.444 e. The van der Waals surface area contributed by atoms with Crippen LogP contribution in [0.5, 0.6) is 0 Å². The number of alkyl carbamates (subject to hydrolysis) is 1. The molecule has 4 atom stereocenters. The quantitative estimate of drug-likeness (QED) is 0.0661. The number of aromatic nitrogens is 1. The minimum atomic E-state index is -0.887. The van der Waals surface area contributed by atoms with E-state index >= 15 is 8.78 Å². The van der Waals surface area contributed by atoms with E-state index in [9.17, 15) is 19.2 Å². The van der Waals surface area contributed by atoms with Crippen LogP contribution in [0.4, 0.5) is 28.0 Å². The molecule has 4 unspecified atom stereocenters. The van der Waals surface area contributed by atoms with Crippen molar-refractivity contribution in [2.45, 2.75) is 195 Å². The topological polar surface area (TPSA) is 209 Å². The van der Waals surface area contributed by atoms with Crippen LogP contribution in [-0.4, -0.2) is 123 Å². The summed E-state index contributed by atoms with van der Waals surface area (Å²) in [6, 6.07) is 27.2. The third kappa shape index (κ3) is 19.2. The second-order valence-electron chi connectivity index (χ2n) is 27.3. The molecule has 2 saturated heterocycles. The highest BCUT2D eigenvalue weighted by atomic mass is 19.1. The van der Waals surface area contributed by atoms with E-state index in [1.54, 1.807) is 107 Å². The molecule has 0 spiro atoms. The number of hydrogen-bond donors (Lipinski definition) is 1. The molecule has 19 nitrogen and oxygen atoms in total. The van der Waals surface area contributed by atoms with Gasteiger partial charge in [-0.2, -0.15) is 0 Å². The molecule has 484 valence electrons. The predicted octanol–water partition coefficient (Wildman–Crippen LogP) is 15.4. The molecular weight excluding hydrogens is 1150 g/mol. The maximum atomic E-state index is 17.1. The van der Waals surface area contributed by atoms with Gasteiger partial charge in [0.2, 0.25) is 11.9 Å². The second-order valence-corrected chi connectivity index (χ2v) is 27.3. The number of amides is 4. The Bertz CT molecular complexity index is 3440. The lowest BCUT2D eigenvalue weighted by Crippen LogP contribution is -2.50. The number of likely N-dealkylation sites (tertiary alicyclic amines) is 2. The predicted molar refractivity (Wildman–Crippen MR) is 340 cm³/mol. The van der Waals surface area contributed by atoms with Crippen molar-refractivity contribution < 1.29 is 61.0 Å². The third-order valence-electron chi connectivity index (χ3n) is 15.2. The van der Waals surface area contributed by atoms with Crippen molar-refractivity contribution in [1.29, 1.82) is 0 Å². The van der Waals surface area contributed by atoms with Gasteiger partial charge in [0.15, 0.2) is 0 Å². The van der Waals surface area contributed by atoms with Crippen molar-refractivity contribution in [1.82, 2.24) is 25.2 Å². The number of carbonyl (C=O) groups is 4. The molecule has 1 N–H and O–H groups in total. The summed E-state index contributed by atoms with van der Waals surface area (Å²) in [5.74, 6) is -1.19. The van der Waals surface area contributed by atoms with Crippen molar-refractivity contribution >= 4 is 42.0 Å². The number of ether oxygens (including phenoxy) is 5. The highest BCUT2D eigenvalue weighted by Gasteiger charge is 2.35. The Morgan fingerprint density at radius 2 is 1.29 bits per heavy atom. The van der Waals surface area contributed by atoms with Gasteiger partial charge in [-0.3, -0.25) is 5.32 Å². The Kier molecular flexibility index (Phi) is 21.6. The lowest BCUT2D eigenvalue weighted by Gasteiger charge is -2.35. The van der Waals surface area contributed by atoms with Crippen LogP contribution < -0.4 is 5.32 Å². The molecule has 0 aliphatic carbocycles. The van der Waals surface area contributed by atoms with Gasteiger partial charge < -0.3 is 42.8 Å². The molecule has 90 heavy (non-hydrogen) atoms. The number of hydrogen-bond acceptors (Lipinski definition) is 13. The van der Waals surface area contributed by atoms with Crippen LogP contribution in [0.25, 0.3) is 22.3 Å². The second kappa shape index (κ2) is 28.7. The van der Waals surface area contributed by atoms with Crippen LogP contribution in [0.2, 0.25) is 0 Å². The molecular formula is C69H88F2N8O11. The zero-order chi connectivity index (χ0) is 65.3. The molecule has 4 heterocycles. The number of nitrogens with one attached hydrogen (secondary N) is 1. The fourth-order valence-corrected chi connectivity index (χ4v) is 10.8. The fourth-order valence-electron chi connectivity index (χ4n) is 10.8. The van der Waals surface area contributed by atoms with Crippen LogP contribution >= 0.6 is 0 Å². The van der Waals surface area contributed by atoms with Crippen molar-refractivity contribution in [3.63, 3.8) is 0 Å². The van der Waals surface area contributed by atoms with E-state index in [4.69, 9.17) is 33.0 Å². The Morgan fingerprint density at radius 1 is 0.678 bits per heavy atom. The Hall–Kier alpha value is -8.20. The Morgan fingerprint density at radius 3 is 1.94 bits per heavy atom. The molecule has 3 aliphatic rings. The number of nitrogens with zero attached hydrogens (tertiary/aromatic N) is 7. The van der Waals surface area contributed by atoms with E-state index in [1.165, 1.54) is 11.0 Å². The lowest BCUT2D eigenvalue weighted by molar-refractivity contribution is 0.0328. The Balaban J connectivity index is 1.05. The number of carbonyl (C=O) groups excluding carboxylic acids is 4. The summed E-state index contributed by atoms with van der Waals surface area (Å²) in [5.41, 5.74) is 2.78. The van der Waals surface area contributed by atoms with Crippen LogP contribution in [0, 0.1) is 11.6 Å². The molecule has 21 heteroatoms. The van der Waals surface area contributed by atoms with Gasteiger partial charge in [-0.25, -0.2) is 32.9 Å². The minimum absolute atomic E-state index is 0.00245. The van der Waals surface area contributed by atoms with Gasteiger partial charge in [0.05, 0.1) is 25.5 Å². The van der Waals surface area contributed by atoms with Crippen LogP contribution in [0.3, 0.4) is 0 Å². The van der Waals surface area contributed by atoms with Gasteiger partial charge in [-0.15, -0.1) is 9.98 Å². The molecule has 8 rings (SSSR count). The first kappa shape index (κ1) is 67.7. The van der Waals surface area contributed by atoms with E-state index in [2.05, 4.69) is 25.6 Å². The van der Waals surface area contributed by atoms with E-state index in [1.807, 2.05) is 84.3 Å². The SMILES string of the molecule is CC(c1ccc(-c2ccc(C3CCCN(C(=NC(=O)OC(C)(C)C)NC(=O)OC(C)(C)C)C3)cc2COCC2=NOC(C(C)c3ccc(-c4ccccc4)c(F)c3)C2)c(F)c1)c1cc(CN(C(=O)OC(C)(C)C)C(=NC(=O)OC(C)(C)C)N2CCCCC2)no1. The highest BCUT2D eigenvalue weighted by Crippen LogP contribution is 2.37. The molecule has 2 fully saturated rings. The minimum Gasteiger partial charge on any atom is -0.444 e. The van der Waals surface area contributed by atoms with Crippen LogP contribution in [0.1, 0.15) is 187 Å². The van der Waals surface area contributed by atoms with Crippen LogP contribution in [0.15, 0.2) is 111 Å². The zero-order valence-electron chi connectivity index (χ0n) is 54.5. The number of rotatable bonds is 13. The highest BCUT2D eigenvalue weighted by molar-refractivity contribution is 6.00. The van der Waals surface area contributed by atoms with Crippen LogP contribution in [-0.2, 0) is 41.7 Å². The summed E-state index contributed by atoms with van der Waals surface area (Å²) < 4.78 is 67.5. The zero-order valence-corrected chi connectivity index (χ0v) is 54.5. The molecule has 3 aliphatic heterocycles. The molecule has 5 aromatic rings. The monoisotopic (exact) mass is 1240 g/mol. The van der Waals surface area contributed by atoms with Crippen molar-refractivity contribution in [2.24, 2.45) is 15.1 Å². The van der Waals surface area contributed by atoms with Gasteiger partial charge in [-0.1, -0.05) is 97.0 Å². The molecule has 1 aromatic heterocycles. The van der Waals surface area contributed by atoms with Gasteiger partial charge >= 0.3 is 24.4 Å². The summed E-state index contributed by atoms with van der Waals surface area (Å²) in [7, 11) is 0. The van der Waals surface area contributed by atoms with Crippen molar-refractivity contribution in [3.05, 3.63) is 136 Å².